The van der Waals surface area contributed by atoms with Crippen LogP contribution in [0.5, 0.6) is 11.5 Å². The minimum Gasteiger partial charge on any atom is -0.495 e. The molecule has 0 radical (unpaired) electrons. The lowest BCUT2D eigenvalue weighted by atomic mass is 10.1. The van der Waals surface area contributed by atoms with Gasteiger partial charge in [-0.1, -0.05) is 11.6 Å². The predicted octanol–water partition coefficient (Wildman–Crippen LogP) is 4.49. The van der Waals surface area contributed by atoms with Gasteiger partial charge in [0.25, 0.3) is 5.91 Å². The van der Waals surface area contributed by atoms with E-state index in [0.717, 1.165) is 12.1 Å². The van der Waals surface area contributed by atoms with E-state index >= 15 is 0 Å². The first-order valence-corrected chi connectivity index (χ1v) is 8.46. The van der Waals surface area contributed by atoms with E-state index in [9.17, 15) is 22.8 Å². The largest absolute Gasteiger partial charge is 0.495 e. The Morgan fingerprint density at radius 1 is 1.17 bits per heavy atom. The SMILES string of the molecule is COc1ccc(NC(=O)COc2ccc3c(C(F)(F)F)cc(=O)oc3c2)cc1Cl. The van der Waals surface area contributed by atoms with Gasteiger partial charge in [-0.15, -0.1) is 0 Å². The van der Waals surface area contributed by atoms with Crippen molar-refractivity contribution in [2.45, 2.75) is 6.18 Å². The topological polar surface area (TPSA) is 77.8 Å². The number of carbonyl (C=O) groups is 1. The first-order chi connectivity index (χ1) is 13.7. The molecule has 6 nitrogen and oxygen atoms in total. The molecule has 3 rings (SSSR count). The molecule has 29 heavy (non-hydrogen) atoms. The van der Waals surface area contributed by atoms with Gasteiger partial charge in [0.05, 0.1) is 17.7 Å². The monoisotopic (exact) mass is 427 g/mol. The van der Waals surface area contributed by atoms with Crippen LogP contribution in [-0.2, 0) is 11.0 Å². The standard InChI is InChI=1S/C19H13ClF3NO5/c1-27-15-5-2-10(6-14(15)20)24-17(25)9-28-11-3-4-12-13(19(21,22)23)8-18(26)29-16(12)7-11/h2-8H,9H2,1H3,(H,24,25). The lowest BCUT2D eigenvalue weighted by molar-refractivity contribution is -0.136. The van der Waals surface area contributed by atoms with Crippen LogP contribution in [0, 0.1) is 0 Å². The second-order valence-electron chi connectivity index (χ2n) is 5.82. The number of benzene rings is 2. The number of alkyl halides is 3. The van der Waals surface area contributed by atoms with Gasteiger partial charge in [-0.05, 0) is 30.3 Å². The van der Waals surface area contributed by atoms with E-state index in [1.807, 2.05) is 0 Å². The van der Waals surface area contributed by atoms with Crippen LogP contribution in [-0.4, -0.2) is 19.6 Å². The van der Waals surface area contributed by atoms with Crippen molar-refractivity contribution in [2.75, 3.05) is 19.0 Å². The second kappa shape index (κ2) is 8.04. The van der Waals surface area contributed by atoms with Crippen LogP contribution in [0.2, 0.25) is 5.02 Å². The Morgan fingerprint density at radius 3 is 2.59 bits per heavy atom. The molecule has 0 bridgehead atoms. The van der Waals surface area contributed by atoms with Crippen LogP contribution < -0.4 is 20.4 Å². The maximum atomic E-state index is 13.1. The average molecular weight is 428 g/mol. The van der Waals surface area contributed by atoms with E-state index in [1.165, 1.54) is 19.2 Å². The highest BCUT2D eigenvalue weighted by Crippen LogP contribution is 2.34. The highest BCUT2D eigenvalue weighted by molar-refractivity contribution is 6.32. The van der Waals surface area contributed by atoms with Gasteiger partial charge < -0.3 is 19.2 Å². The summed E-state index contributed by atoms with van der Waals surface area (Å²) in [5, 5.41) is 2.57. The first kappa shape index (κ1) is 20.5. The van der Waals surface area contributed by atoms with E-state index in [0.29, 0.717) is 22.5 Å². The number of methoxy groups -OCH3 is 1. The predicted molar refractivity (Wildman–Crippen MR) is 99.6 cm³/mol. The summed E-state index contributed by atoms with van der Waals surface area (Å²) in [7, 11) is 1.45. The Hall–Kier alpha value is -3.20. The minimum atomic E-state index is -4.71. The third-order valence-corrected chi connectivity index (χ3v) is 4.12. The second-order valence-corrected chi connectivity index (χ2v) is 6.23. The number of carbonyl (C=O) groups excluding carboxylic acids is 1. The van der Waals surface area contributed by atoms with Crippen molar-refractivity contribution in [1.29, 1.82) is 0 Å². The van der Waals surface area contributed by atoms with Crippen LogP contribution in [0.4, 0.5) is 18.9 Å². The molecule has 0 aliphatic heterocycles. The molecule has 0 aliphatic carbocycles. The molecule has 10 heteroatoms. The normalized spacial score (nSPS) is 11.3. The van der Waals surface area contributed by atoms with Gasteiger partial charge in [-0.3, -0.25) is 4.79 Å². The third-order valence-electron chi connectivity index (χ3n) is 3.83. The van der Waals surface area contributed by atoms with Gasteiger partial charge in [-0.25, -0.2) is 4.79 Å². The van der Waals surface area contributed by atoms with Crippen LogP contribution in [0.25, 0.3) is 11.0 Å². The van der Waals surface area contributed by atoms with E-state index in [2.05, 4.69) is 5.32 Å². The quantitative estimate of drug-likeness (QED) is 0.607. The third kappa shape index (κ3) is 4.80. The molecule has 1 amide bonds. The molecule has 1 heterocycles. The first-order valence-electron chi connectivity index (χ1n) is 8.08. The summed E-state index contributed by atoms with van der Waals surface area (Å²) in [6, 6.07) is 8.49. The number of ether oxygens (including phenoxy) is 2. The summed E-state index contributed by atoms with van der Waals surface area (Å²) in [5.41, 5.74) is -2.14. The molecule has 0 aliphatic rings. The molecule has 2 aromatic carbocycles. The van der Waals surface area contributed by atoms with Crippen LogP contribution in [0.15, 0.2) is 51.7 Å². The molecule has 0 saturated heterocycles. The van der Waals surface area contributed by atoms with Crippen molar-refractivity contribution < 1.29 is 31.9 Å². The van der Waals surface area contributed by atoms with Crippen LogP contribution >= 0.6 is 11.6 Å². The number of halogens is 4. The van der Waals surface area contributed by atoms with Crippen molar-refractivity contribution in [3.8, 4) is 11.5 Å². The lowest BCUT2D eigenvalue weighted by Crippen LogP contribution is -2.20. The number of nitrogens with one attached hydrogen (secondary N) is 1. The van der Waals surface area contributed by atoms with E-state index < -0.39 is 29.9 Å². The Kier molecular flexibility index (Phi) is 5.69. The minimum absolute atomic E-state index is 0.0582. The van der Waals surface area contributed by atoms with E-state index in [4.69, 9.17) is 25.5 Å². The van der Waals surface area contributed by atoms with Gasteiger partial charge in [0.15, 0.2) is 6.61 Å². The van der Waals surface area contributed by atoms with Crippen molar-refractivity contribution in [3.63, 3.8) is 0 Å². The van der Waals surface area contributed by atoms with Gasteiger partial charge in [0.2, 0.25) is 0 Å². The van der Waals surface area contributed by atoms with Crippen molar-refractivity contribution in [2.24, 2.45) is 0 Å². The molecule has 1 aromatic heterocycles. The molecule has 0 spiro atoms. The van der Waals surface area contributed by atoms with Crippen molar-refractivity contribution in [3.05, 3.63) is 63.5 Å². The fraction of sp³-hybridized carbons (Fsp3) is 0.158. The fourth-order valence-electron chi connectivity index (χ4n) is 2.56. The maximum absolute atomic E-state index is 13.1. The molecule has 1 N–H and O–H groups in total. The average Bonchev–Trinajstić information content (AvgIpc) is 2.65. The van der Waals surface area contributed by atoms with Crippen LogP contribution in [0.3, 0.4) is 0 Å². The molecule has 152 valence electrons. The highest BCUT2D eigenvalue weighted by atomic mass is 35.5. The highest BCUT2D eigenvalue weighted by Gasteiger charge is 2.33. The Balaban J connectivity index is 1.73. The number of amides is 1. The Bertz CT molecular complexity index is 1130. The maximum Gasteiger partial charge on any atom is 0.417 e. The number of hydrogen-bond acceptors (Lipinski definition) is 5. The smallest absolute Gasteiger partial charge is 0.417 e. The molecular weight excluding hydrogens is 415 g/mol. The molecule has 0 unspecified atom stereocenters. The van der Waals surface area contributed by atoms with E-state index in [-0.39, 0.29) is 16.7 Å². The summed E-state index contributed by atoms with van der Waals surface area (Å²) < 4.78 is 54.3. The summed E-state index contributed by atoms with van der Waals surface area (Å²) in [6.07, 6.45) is -4.71. The van der Waals surface area contributed by atoms with Crippen molar-refractivity contribution >= 4 is 34.2 Å². The molecule has 0 atom stereocenters. The molecular formula is C19H13ClF3NO5. The zero-order valence-corrected chi connectivity index (χ0v) is 15.6. The zero-order valence-electron chi connectivity index (χ0n) is 14.8. The Morgan fingerprint density at radius 2 is 1.93 bits per heavy atom. The fourth-order valence-corrected chi connectivity index (χ4v) is 2.82. The van der Waals surface area contributed by atoms with Crippen LogP contribution in [0.1, 0.15) is 5.56 Å². The Labute approximate surface area is 166 Å². The van der Waals surface area contributed by atoms with Gasteiger partial charge in [0.1, 0.15) is 17.1 Å². The summed E-state index contributed by atoms with van der Waals surface area (Å²) in [6.45, 7) is -0.432. The number of anilines is 1. The summed E-state index contributed by atoms with van der Waals surface area (Å²) in [4.78, 5) is 23.4. The zero-order chi connectivity index (χ0) is 21.2. The summed E-state index contributed by atoms with van der Waals surface area (Å²) >= 11 is 5.98. The van der Waals surface area contributed by atoms with E-state index in [1.54, 1.807) is 12.1 Å². The van der Waals surface area contributed by atoms with Gasteiger partial charge in [-0.2, -0.15) is 13.2 Å². The van der Waals surface area contributed by atoms with Gasteiger partial charge in [0, 0.05) is 23.2 Å². The number of hydrogen-bond donors (Lipinski definition) is 1. The molecule has 3 aromatic rings. The number of fused-ring (bicyclic) bond motifs is 1. The molecule has 0 saturated carbocycles. The molecule has 0 fully saturated rings. The van der Waals surface area contributed by atoms with Crippen molar-refractivity contribution in [1.82, 2.24) is 0 Å². The lowest BCUT2D eigenvalue weighted by Gasteiger charge is -2.11. The number of rotatable bonds is 5. The van der Waals surface area contributed by atoms with Gasteiger partial charge >= 0.3 is 11.8 Å². The summed E-state index contributed by atoms with van der Waals surface area (Å²) in [5.74, 6) is -0.0310.